The molecule has 2 fully saturated rings. The van der Waals surface area contributed by atoms with Crippen molar-refractivity contribution in [2.75, 3.05) is 25.0 Å². The Hall–Kier alpha value is -0.910. The maximum atomic E-state index is 12.2. The Morgan fingerprint density at radius 2 is 2.05 bits per heavy atom. The minimum atomic E-state index is 0.0854. The second-order valence-corrected chi connectivity index (χ2v) is 6.92. The zero-order valence-corrected chi connectivity index (χ0v) is 13.7. The fourth-order valence-corrected chi connectivity index (χ4v) is 3.16. The van der Waals surface area contributed by atoms with E-state index < -0.39 is 0 Å². The summed E-state index contributed by atoms with van der Waals surface area (Å²) in [6, 6.07) is 8.89. The number of halogens is 1. The van der Waals surface area contributed by atoms with Crippen molar-refractivity contribution in [3.8, 4) is 0 Å². The van der Waals surface area contributed by atoms with E-state index in [1.54, 1.807) is 0 Å². The number of nitrogens with one attached hydrogen (secondary N) is 2. The van der Waals surface area contributed by atoms with Crippen LogP contribution < -0.4 is 10.6 Å². The Kier molecular flexibility index (Phi) is 4.93. The van der Waals surface area contributed by atoms with Crippen LogP contribution in [0.15, 0.2) is 28.7 Å². The molecule has 1 heterocycles. The molecule has 1 aromatic carbocycles. The normalized spacial score (nSPS) is 21.7. The molecule has 0 aromatic heterocycles. The highest BCUT2D eigenvalue weighted by Gasteiger charge is 2.32. The van der Waals surface area contributed by atoms with Gasteiger partial charge in [-0.05, 0) is 56.5 Å². The van der Waals surface area contributed by atoms with Gasteiger partial charge in [0.15, 0.2) is 0 Å². The summed E-state index contributed by atoms with van der Waals surface area (Å²) in [4.78, 5) is 14.6. The van der Waals surface area contributed by atoms with Crippen LogP contribution in [0, 0.1) is 0 Å². The SMILES string of the molecule is O=C(CN(CC1CCCN1)C1CC1)Nc1ccc(Br)cc1. The highest BCUT2D eigenvalue weighted by molar-refractivity contribution is 9.10. The molecule has 1 unspecified atom stereocenters. The van der Waals surface area contributed by atoms with Gasteiger partial charge in [-0.25, -0.2) is 0 Å². The molecule has 1 atom stereocenters. The van der Waals surface area contributed by atoms with E-state index in [9.17, 15) is 4.79 Å². The molecule has 2 aliphatic rings. The Morgan fingerprint density at radius 3 is 2.67 bits per heavy atom. The molecule has 21 heavy (non-hydrogen) atoms. The first-order valence-corrected chi connectivity index (χ1v) is 8.53. The molecule has 4 nitrogen and oxygen atoms in total. The van der Waals surface area contributed by atoms with Gasteiger partial charge in [0.2, 0.25) is 5.91 Å². The molecule has 3 rings (SSSR count). The van der Waals surface area contributed by atoms with Crippen molar-refractivity contribution in [3.63, 3.8) is 0 Å². The zero-order valence-electron chi connectivity index (χ0n) is 12.1. The molecule has 1 aliphatic carbocycles. The van der Waals surface area contributed by atoms with E-state index >= 15 is 0 Å². The van der Waals surface area contributed by atoms with Crippen molar-refractivity contribution in [2.45, 2.75) is 37.8 Å². The van der Waals surface area contributed by atoms with Crippen molar-refractivity contribution in [3.05, 3.63) is 28.7 Å². The van der Waals surface area contributed by atoms with Gasteiger partial charge in [-0.1, -0.05) is 15.9 Å². The number of hydrogen-bond acceptors (Lipinski definition) is 3. The van der Waals surface area contributed by atoms with Crippen molar-refractivity contribution < 1.29 is 4.79 Å². The van der Waals surface area contributed by atoms with Crippen molar-refractivity contribution >= 4 is 27.5 Å². The van der Waals surface area contributed by atoms with Crippen LogP contribution in [0.1, 0.15) is 25.7 Å². The van der Waals surface area contributed by atoms with Gasteiger partial charge in [0.05, 0.1) is 6.54 Å². The first kappa shape index (κ1) is 15.0. The maximum absolute atomic E-state index is 12.2. The number of rotatable bonds is 6. The quantitative estimate of drug-likeness (QED) is 0.827. The number of carbonyl (C=O) groups is 1. The predicted molar refractivity (Wildman–Crippen MR) is 88.4 cm³/mol. The van der Waals surface area contributed by atoms with Gasteiger partial charge in [-0.3, -0.25) is 9.69 Å². The smallest absolute Gasteiger partial charge is 0.238 e. The van der Waals surface area contributed by atoms with E-state index in [0.717, 1.165) is 23.2 Å². The third-order valence-electron chi connectivity index (χ3n) is 4.16. The summed E-state index contributed by atoms with van der Waals surface area (Å²) in [5.41, 5.74) is 0.859. The number of amides is 1. The summed E-state index contributed by atoms with van der Waals surface area (Å²) in [5, 5.41) is 6.51. The van der Waals surface area contributed by atoms with E-state index in [-0.39, 0.29) is 5.91 Å². The van der Waals surface area contributed by atoms with Gasteiger partial charge in [0, 0.05) is 28.8 Å². The van der Waals surface area contributed by atoms with Gasteiger partial charge < -0.3 is 10.6 Å². The van der Waals surface area contributed by atoms with Gasteiger partial charge in [-0.2, -0.15) is 0 Å². The molecule has 1 saturated heterocycles. The van der Waals surface area contributed by atoms with Crippen LogP contribution in [-0.4, -0.2) is 42.5 Å². The molecule has 0 spiro atoms. The third kappa shape index (κ3) is 4.53. The fourth-order valence-electron chi connectivity index (χ4n) is 2.90. The molecule has 1 aromatic rings. The molecule has 0 radical (unpaired) electrons. The summed E-state index contributed by atoms with van der Waals surface area (Å²) in [6.45, 7) is 2.62. The minimum Gasteiger partial charge on any atom is -0.325 e. The summed E-state index contributed by atoms with van der Waals surface area (Å²) >= 11 is 3.40. The van der Waals surface area contributed by atoms with Gasteiger partial charge in [0.1, 0.15) is 0 Å². The van der Waals surface area contributed by atoms with E-state index in [0.29, 0.717) is 18.6 Å². The zero-order chi connectivity index (χ0) is 14.7. The Balaban J connectivity index is 1.52. The Bertz CT molecular complexity index is 481. The van der Waals surface area contributed by atoms with Crippen LogP contribution in [0.25, 0.3) is 0 Å². The lowest BCUT2D eigenvalue weighted by atomic mass is 10.2. The van der Waals surface area contributed by atoms with Crippen molar-refractivity contribution in [1.82, 2.24) is 10.2 Å². The molecule has 1 saturated carbocycles. The molecule has 0 bridgehead atoms. The lowest BCUT2D eigenvalue weighted by Crippen LogP contribution is -2.42. The maximum Gasteiger partial charge on any atom is 0.238 e. The fraction of sp³-hybridized carbons (Fsp3) is 0.562. The van der Waals surface area contributed by atoms with Crippen LogP contribution in [0.5, 0.6) is 0 Å². The Morgan fingerprint density at radius 1 is 1.29 bits per heavy atom. The topological polar surface area (TPSA) is 44.4 Å². The summed E-state index contributed by atoms with van der Waals surface area (Å²) in [5.74, 6) is 0.0854. The number of carbonyl (C=O) groups excluding carboxylic acids is 1. The van der Waals surface area contributed by atoms with Crippen LogP contribution in [0.4, 0.5) is 5.69 Å². The van der Waals surface area contributed by atoms with Crippen LogP contribution >= 0.6 is 15.9 Å². The second kappa shape index (κ2) is 6.90. The third-order valence-corrected chi connectivity index (χ3v) is 4.68. The van der Waals surface area contributed by atoms with Crippen LogP contribution in [0.2, 0.25) is 0 Å². The second-order valence-electron chi connectivity index (χ2n) is 6.01. The largest absolute Gasteiger partial charge is 0.325 e. The molecule has 5 heteroatoms. The minimum absolute atomic E-state index is 0.0854. The summed E-state index contributed by atoms with van der Waals surface area (Å²) in [7, 11) is 0. The first-order chi connectivity index (χ1) is 10.2. The van der Waals surface area contributed by atoms with Gasteiger partial charge >= 0.3 is 0 Å². The van der Waals surface area contributed by atoms with Crippen molar-refractivity contribution in [1.29, 1.82) is 0 Å². The van der Waals surface area contributed by atoms with Gasteiger partial charge in [-0.15, -0.1) is 0 Å². The average Bonchev–Trinajstić information content (AvgIpc) is 3.19. The lowest BCUT2D eigenvalue weighted by molar-refractivity contribution is -0.117. The van der Waals surface area contributed by atoms with E-state index in [1.807, 2.05) is 24.3 Å². The lowest BCUT2D eigenvalue weighted by Gasteiger charge is -2.24. The average molecular weight is 352 g/mol. The van der Waals surface area contributed by atoms with E-state index in [2.05, 4.69) is 31.5 Å². The monoisotopic (exact) mass is 351 g/mol. The van der Waals surface area contributed by atoms with Crippen molar-refractivity contribution in [2.24, 2.45) is 0 Å². The number of anilines is 1. The van der Waals surface area contributed by atoms with Gasteiger partial charge in [0.25, 0.3) is 0 Å². The molecule has 1 aliphatic heterocycles. The number of nitrogens with zero attached hydrogens (tertiary/aromatic N) is 1. The van der Waals surface area contributed by atoms with Crippen LogP contribution in [-0.2, 0) is 4.79 Å². The van der Waals surface area contributed by atoms with E-state index in [4.69, 9.17) is 0 Å². The Labute approximate surface area is 134 Å². The first-order valence-electron chi connectivity index (χ1n) is 7.73. The number of hydrogen-bond donors (Lipinski definition) is 2. The molecule has 114 valence electrons. The highest BCUT2D eigenvalue weighted by Crippen LogP contribution is 2.27. The number of benzene rings is 1. The predicted octanol–water partition coefficient (Wildman–Crippen LogP) is 2.60. The van der Waals surface area contributed by atoms with E-state index in [1.165, 1.54) is 25.7 Å². The molecule has 2 N–H and O–H groups in total. The molecule has 1 amide bonds. The summed E-state index contributed by atoms with van der Waals surface area (Å²) in [6.07, 6.45) is 4.96. The highest BCUT2D eigenvalue weighted by atomic mass is 79.9. The van der Waals surface area contributed by atoms with Crippen LogP contribution in [0.3, 0.4) is 0 Å². The summed E-state index contributed by atoms with van der Waals surface area (Å²) < 4.78 is 1.02. The molecular weight excluding hydrogens is 330 g/mol. The molecular formula is C16H22BrN3O. The standard InChI is InChI=1S/C16H22BrN3O/c17-12-3-5-13(6-4-12)19-16(21)11-20(15-7-8-15)10-14-2-1-9-18-14/h3-6,14-15,18H,1-2,7-11H2,(H,19,21).